The molecule has 1 nitrogen and oxygen atoms in total. The topological polar surface area (TPSA) is 3.24 Å². The average Bonchev–Trinajstić information content (AvgIpc) is 3.98. The Labute approximate surface area is 338 Å². The van der Waals surface area contributed by atoms with Crippen LogP contribution < -0.4 is 0 Å². The third-order valence-electron chi connectivity index (χ3n) is 20.5. The molecule has 9 saturated carbocycles. The van der Waals surface area contributed by atoms with E-state index in [-0.39, 0.29) is 0 Å². The summed E-state index contributed by atoms with van der Waals surface area (Å²) in [6, 6.07) is 2.78. The molecule has 0 spiro atoms. The minimum Gasteiger partial charge on any atom is -0.293 e. The number of fused-ring (bicyclic) bond motifs is 13. The molecular formula is C49H77NS3. The molecule has 3 saturated heterocycles. The SMILES string of the molecule is C1CCC2C(C1)CC1C2CCCC1N(C1CCCC(C2CCCC3C4CCC5SC6CCCCC6C5C4SC23)C1)C1CCCC2C3CCCCC3SC21. The lowest BCUT2D eigenvalue weighted by atomic mass is 9.62. The van der Waals surface area contributed by atoms with Crippen molar-refractivity contribution in [1.29, 1.82) is 0 Å². The zero-order valence-electron chi connectivity index (χ0n) is 33.6. The van der Waals surface area contributed by atoms with Crippen LogP contribution >= 0.6 is 35.3 Å². The van der Waals surface area contributed by atoms with Gasteiger partial charge in [0.1, 0.15) is 0 Å². The van der Waals surface area contributed by atoms with E-state index in [2.05, 4.69) is 40.2 Å². The van der Waals surface area contributed by atoms with Crippen molar-refractivity contribution < 1.29 is 0 Å². The van der Waals surface area contributed by atoms with Crippen LogP contribution in [0.5, 0.6) is 0 Å². The fourth-order valence-electron chi connectivity index (χ4n) is 18.8. The van der Waals surface area contributed by atoms with Gasteiger partial charge in [-0.25, -0.2) is 0 Å². The van der Waals surface area contributed by atoms with Crippen LogP contribution in [0.4, 0.5) is 0 Å². The molecule has 0 aromatic rings. The Balaban J connectivity index is 0.834. The number of nitrogens with zero attached hydrogens (tertiary/aromatic N) is 1. The average molecular weight is 776 g/mol. The first-order valence-electron chi connectivity index (χ1n) is 25.0. The van der Waals surface area contributed by atoms with Crippen LogP contribution in [0.25, 0.3) is 0 Å². The van der Waals surface area contributed by atoms with Crippen LogP contribution in [0.15, 0.2) is 0 Å². The maximum absolute atomic E-state index is 3.56. The molecule has 296 valence electrons. The molecule has 9 aliphatic carbocycles. The molecule has 4 heteroatoms. The highest BCUT2D eigenvalue weighted by atomic mass is 32.2. The molecule has 12 fully saturated rings. The molecule has 21 atom stereocenters. The van der Waals surface area contributed by atoms with Crippen LogP contribution in [0.3, 0.4) is 0 Å². The van der Waals surface area contributed by atoms with Gasteiger partial charge in [-0.2, -0.15) is 35.3 Å². The molecule has 0 aromatic carbocycles. The van der Waals surface area contributed by atoms with Gasteiger partial charge < -0.3 is 0 Å². The van der Waals surface area contributed by atoms with Gasteiger partial charge >= 0.3 is 0 Å². The smallest absolute Gasteiger partial charge is 0.0237 e. The van der Waals surface area contributed by atoms with E-state index in [9.17, 15) is 0 Å². The normalized spacial score (nSPS) is 57.3. The Morgan fingerprint density at radius 3 is 1.79 bits per heavy atom. The quantitative estimate of drug-likeness (QED) is 0.280. The van der Waals surface area contributed by atoms with Gasteiger partial charge in [-0.1, -0.05) is 77.0 Å². The summed E-state index contributed by atoms with van der Waals surface area (Å²) in [4.78, 5) is 3.56. The summed E-state index contributed by atoms with van der Waals surface area (Å²) in [5, 5.41) is 6.18. The van der Waals surface area contributed by atoms with E-state index in [0.29, 0.717) is 0 Å². The summed E-state index contributed by atoms with van der Waals surface area (Å²) < 4.78 is 0. The largest absolute Gasteiger partial charge is 0.293 e. The van der Waals surface area contributed by atoms with E-state index >= 15 is 0 Å². The number of hydrogen-bond donors (Lipinski definition) is 0. The first-order chi connectivity index (χ1) is 26.3. The Hall–Kier alpha value is 1.01. The second-order valence-electron chi connectivity index (χ2n) is 22.4. The lowest BCUT2D eigenvalue weighted by Crippen LogP contribution is -2.60. The van der Waals surface area contributed by atoms with Crippen molar-refractivity contribution >= 4 is 35.3 Å². The Kier molecular flexibility index (Phi) is 10.1. The minimum absolute atomic E-state index is 0.916. The first kappa shape index (κ1) is 35.9. The monoisotopic (exact) mass is 776 g/mol. The van der Waals surface area contributed by atoms with Gasteiger partial charge in [-0.3, -0.25) is 4.90 Å². The molecule has 0 N–H and O–H groups in total. The van der Waals surface area contributed by atoms with Crippen molar-refractivity contribution in [2.45, 2.75) is 229 Å². The predicted octanol–water partition coefficient (Wildman–Crippen LogP) is 13.3. The highest BCUT2D eigenvalue weighted by Gasteiger charge is 2.60. The summed E-state index contributed by atoms with van der Waals surface area (Å²) in [7, 11) is 0. The summed E-state index contributed by atoms with van der Waals surface area (Å²) >= 11 is 7.83. The second-order valence-corrected chi connectivity index (χ2v) is 26.6. The van der Waals surface area contributed by atoms with Gasteiger partial charge in [0.05, 0.1) is 0 Å². The van der Waals surface area contributed by atoms with Crippen molar-refractivity contribution in [3.8, 4) is 0 Å². The Morgan fingerprint density at radius 1 is 0.302 bits per heavy atom. The zero-order valence-corrected chi connectivity index (χ0v) is 36.0. The lowest BCUT2D eigenvalue weighted by Gasteiger charge is -2.55. The van der Waals surface area contributed by atoms with Crippen molar-refractivity contribution in [1.82, 2.24) is 4.90 Å². The highest BCUT2D eigenvalue weighted by Crippen LogP contribution is 2.67. The lowest BCUT2D eigenvalue weighted by molar-refractivity contribution is -0.0370. The van der Waals surface area contributed by atoms with Gasteiger partial charge in [-0.05, 0) is 174 Å². The van der Waals surface area contributed by atoms with Gasteiger partial charge in [0.25, 0.3) is 0 Å². The van der Waals surface area contributed by atoms with Crippen LogP contribution in [-0.4, -0.2) is 54.5 Å². The van der Waals surface area contributed by atoms with Gasteiger partial charge in [0.2, 0.25) is 0 Å². The van der Waals surface area contributed by atoms with E-state index in [4.69, 9.17) is 0 Å². The standard InChI is InChI=1S/C49H77NS3/c1-2-14-32-30(11-1)28-40-34(32)18-9-21-41(40)50(42-22-10-20-36-35-15-3-5-23-43(35)52-48(36)42)31-13-7-12-29(27-31)33-17-8-19-37-38-25-26-45-46(49(38)53-47(33)37)39-16-4-6-24-44(39)51-45/h29-49H,1-28H2. The van der Waals surface area contributed by atoms with E-state index in [0.717, 1.165) is 121 Å². The molecule has 12 aliphatic rings. The third kappa shape index (κ3) is 6.05. The van der Waals surface area contributed by atoms with Crippen molar-refractivity contribution in [3.63, 3.8) is 0 Å². The molecule has 0 amide bonds. The molecule has 53 heavy (non-hydrogen) atoms. The third-order valence-corrected chi connectivity index (χ3v) is 26.3. The first-order valence-corrected chi connectivity index (χ1v) is 27.8. The van der Waals surface area contributed by atoms with E-state index in [1.54, 1.807) is 167 Å². The molecule has 0 radical (unpaired) electrons. The second kappa shape index (κ2) is 14.9. The number of thioether (sulfide) groups is 3. The van der Waals surface area contributed by atoms with E-state index in [1.807, 2.05) is 0 Å². The van der Waals surface area contributed by atoms with Crippen LogP contribution in [0.2, 0.25) is 0 Å². The molecule has 21 unspecified atom stereocenters. The van der Waals surface area contributed by atoms with Crippen molar-refractivity contribution in [2.24, 2.45) is 71.0 Å². The van der Waals surface area contributed by atoms with Crippen LogP contribution in [0.1, 0.15) is 180 Å². The van der Waals surface area contributed by atoms with E-state index < -0.39 is 0 Å². The summed E-state index contributed by atoms with van der Waals surface area (Å²) in [6.07, 6.45) is 44.2. The molecule has 0 bridgehead atoms. The zero-order chi connectivity index (χ0) is 34.6. The summed E-state index contributed by atoms with van der Waals surface area (Å²) in [6.45, 7) is 0. The fourth-order valence-corrected chi connectivity index (χ4v) is 25.8. The van der Waals surface area contributed by atoms with Crippen molar-refractivity contribution in [2.75, 3.05) is 0 Å². The molecule has 3 heterocycles. The minimum atomic E-state index is 0.916. The predicted molar refractivity (Wildman–Crippen MR) is 230 cm³/mol. The van der Waals surface area contributed by atoms with Gasteiger partial charge in [0.15, 0.2) is 0 Å². The van der Waals surface area contributed by atoms with Gasteiger partial charge in [0, 0.05) is 49.6 Å². The van der Waals surface area contributed by atoms with Gasteiger partial charge in [-0.15, -0.1) is 0 Å². The van der Waals surface area contributed by atoms with Crippen LogP contribution in [0, 0.1) is 71.0 Å². The van der Waals surface area contributed by atoms with Crippen LogP contribution in [-0.2, 0) is 0 Å². The molecule has 3 aliphatic heterocycles. The maximum atomic E-state index is 3.56. The highest BCUT2D eigenvalue weighted by molar-refractivity contribution is 8.02. The Morgan fingerprint density at radius 2 is 0.906 bits per heavy atom. The Bertz CT molecular complexity index is 1260. The van der Waals surface area contributed by atoms with E-state index in [1.165, 1.54) is 12.8 Å². The number of rotatable bonds is 4. The van der Waals surface area contributed by atoms with Crippen molar-refractivity contribution in [3.05, 3.63) is 0 Å². The summed E-state index contributed by atoms with van der Waals surface area (Å²) in [5.41, 5.74) is 0. The summed E-state index contributed by atoms with van der Waals surface area (Å²) in [5.74, 6) is 13.0. The molecule has 12 rings (SSSR count). The molecular weight excluding hydrogens is 699 g/mol. The fraction of sp³-hybridized carbons (Fsp3) is 1.00. The maximum Gasteiger partial charge on any atom is 0.0237 e. The number of hydrogen-bond acceptors (Lipinski definition) is 4. The molecule has 0 aromatic heterocycles.